The van der Waals surface area contributed by atoms with Gasteiger partial charge in [0.1, 0.15) is 6.04 Å². The van der Waals surface area contributed by atoms with Gasteiger partial charge in [-0.1, -0.05) is 69.0 Å². The zero-order valence-corrected chi connectivity index (χ0v) is 18.7. The van der Waals surface area contributed by atoms with E-state index in [9.17, 15) is 18.3 Å². The first-order chi connectivity index (χ1) is 14.4. The van der Waals surface area contributed by atoms with Crippen LogP contribution in [0.5, 0.6) is 0 Å². The molecule has 5 nitrogen and oxygen atoms in total. The summed E-state index contributed by atoms with van der Waals surface area (Å²) in [6.45, 7) is 1.82. The number of thiophene rings is 1. The van der Waals surface area contributed by atoms with E-state index in [4.69, 9.17) is 0 Å². The average Bonchev–Trinajstić information content (AvgIpc) is 3.42. The summed E-state index contributed by atoms with van der Waals surface area (Å²) in [6, 6.07) is 8.83. The van der Waals surface area contributed by atoms with E-state index in [1.165, 1.54) is 37.0 Å². The molecular formula is C23H27NO4S2. The number of carboxylic acids is 1. The van der Waals surface area contributed by atoms with Crippen LogP contribution in [-0.2, 0) is 21.4 Å². The van der Waals surface area contributed by atoms with Crippen LogP contribution in [0.1, 0.15) is 55.9 Å². The van der Waals surface area contributed by atoms with Gasteiger partial charge in [0.15, 0.2) is 0 Å². The number of benzene rings is 1. The highest BCUT2D eigenvalue weighted by atomic mass is 32.2. The van der Waals surface area contributed by atoms with Crippen molar-refractivity contribution >= 4 is 33.4 Å². The molecule has 0 bridgehead atoms. The molecule has 1 fully saturated rings. The molecule has 4 rings (SSSR count). The molecule has 1 aromatic heterocycles. The predicted molar refractivity (Wildman–Crippen MR) is 120 cm³/mol. The molecule has 30 heavy (non-hydrogen) atoms. The molecule has 7 heteroatoms. The van der Waals surface area contributed by atoms with Crippen molar-refractivity contribution in [1.82, 2.24) is 4.31 Å². The van der Waals surface area contributed by atoms with Crippen molar-refractivity contribution in [2.45, 2.75) is 62.9 Å². The zero-order chi connectivity index (χ0) is 21.3. The lowest BCUT2D eigenvalue weighted by Gasteiger charge is -2.21. The fourth-order valence-corrected chi connectivity index (χ4v) is 7.82. The molecule has 2 aromatic rings. The minimum absolute atomic E-state index is 0.134. The molecule has 0 radical (unpaired) electrons. The lowest BCUT2D eigenvalue weighted by Crippen LogP contribution is -2.40. The smallest absolute Gasteiger partial charge is 0.322 e. The summed E-state index contributed by atoms with van der Waals surface area (Å²) < 4.78 is 26.9. The van der Waals surface area contributed by atoms with E-state index in [0.717, 1.165) is 32.6 Å². The lowest BCUT2D eigenvalue weighted by atomic mass is 10.0. The normalized spacial score (nSPS) is 20.0. The molecule has 1 atom stereocenters. The lowest BCUT2D eigenvalue weighted by molar-refractivity contribution is -0.141. The number of sulfonamides is 1. The summed E-state index contributed by atoms with van der Waals surface area (Å²) in [5, 5.41) is 9.36. The second kappa shape index (κ2) is 8.65. The summed E-state index contributed by atoms with van der Waals surface area (Å²) in [5.41, 5.74) is 2.13. The Balaban J connectivity index is 1.48. The fraction of sp³-hybridized carbons (Fsp3) is 0.435. The van der Waals surface area contributed by atoms with Crippen molar-refractivity contribution in [3.05, 3.63) is 46.8 Å². The molecular weight excluding hydrogens is 418 g/mol. The van der Waals surface area contributed by atoms with E-state index >= 15 is 0 Å². The maximum atomic E-state index is 12.9. The van der Waals surface area contributed by atoms with E-state index in [2.05, 4.69) is 24.3 Å². The van der Waals surface area contributed by atoms with Crippen molar-refractivity contribution in [2.75, 3.05) is 0 Å². The molecule has 0 spiro atoms. The second-order valence-electron chi connectivity index (χ2n) is 8.12. The number of allylic oxidation sites excluding steroid dienone is 1. The number of carbonyl (C=O) groups is 1. The van der Waals surface area contributed by atoms with Crippen LogP contribution in [-0.4, -0.2) is 29.8 Å². The highest BCUT2D eigenvalue weighted by Crippen LogP contribution is 2.42. The molecule has 1 aliphatic heterocycles. The standard InChI is InChI=1S/C23H27NO4S2/c1-2-19(23(25)26)24-15-21-22(30(24,27)28)14-20(29-21)18-12-10-17(11-13-18)9-5-8-16-6-3-4-7-16/h5,9-14,16,19H,2-4,6-8,15H2,1H3,(H,25,26)/b9-5+. The van der Waals surface area contributed by atoms with Gasteiger partial charge in [-0.25, -0.2) is 8.42 Å². The number of aliphatic carboxylic acids is 1. The molecule has 160 valence electrons. The molecule has 1 unspecified atom stereocenters. The van der Waals surface area contributed by atoms with E-state index in [1.807, 2.05) is 12.1 Å². The van der Waals surface area contributed by atoms with Crippen molar-refractivity contribution in [2.24, 2.45) is 5.92 Å². The number of rotatable bonds is 7. The number of hydrogen-bond donors (Lipinski definition) is 1. The molecule has 1 aromatic carbocycles. The van der Waals surface area contributed by atoms with Crippen LogP contribution in [0.4, 0.5) is 0 Å². The Morgan fingerprint density at radius 3 is 2.57 bits per heavy atom. The van der Waals surface area contributed by atoms with Gasteiger partial charge >= 0.3 is 5.97 Å². The van der Waals surface area contributed by atoms with Crippen LogP contribution in [0.3, 0.4) is 0 Å². The Morgan fingerprint density at radius 2 is 1.97 bits per heavy atom. The molecule has 1 aliphatic carbocycles. The number of fused-ring (bicyclic) bond motifs is 1. The highest BCUT2D eigenvalue weighted by molar-refractivity contribution is 7.89. The minimum atomic E-state index is -3.77. The second-order valence-corrected chi connectivity index (χ2v) is 11.1. The van der Waals surface area contributed by atoms with Gasteiger partial charge in [0.05, 0.1) is 11.4 Å². The summed E-state index contributed by atoms with van der Waals surface area (Å²) in [4.78, 5) is 13.3. The number of hydrogen-bond acceptors (Lipinski definition) is 4. The maximum absolute atomic E-state index is 12.9. The predicted octanol–water partition coefficient (Wildman–Crippen LogP) is 5.38. The Bertz CT molecular complexity index is 1050. The SMILES string of the molecule is CCC(C(=O)O)N1Cc2sc(-c3ccc(/C=C/CC4CCCC4)cc3)cc2S1(=O)=O. The van der Waals surface area contributed by atoms with Crippen LogP contribution in [0.25, 0.3) is 16.5 Å². The zero-order valence-electron chi connectivity index (χ0n) is 17.1. The fourth-order valence-electron chi connectivity index (χ4n) is 4.42. The van der Waals surface area contributed by atoms with Gasteiger partial charge in [0, 0.05) is 9.75 Å². The Morgan fingerprint density at radius 1 is 1.27 bits per heavy atom. The van der Waals surface area contributed by atoms with Crippen molar-refractivity contribution in [3.63, 3.8) is 0 Å². The highest BCUT2D eigenvalue weighted by Gasteiger charge is 2.43. The van der Waals surface area contributed by atoms with E-state index in [-0.39, 0.29) is 17.9 Å². The van der Waals surface area contributed by atoms with Gasteiger partial charge in [-0.15, -0.1) is 11.3 Å². The first-order valence-electron chi connectivity index (χ1n) is 10.5. The van der Waals surface area contributed by atoms with Crippen molar-refractivity contribution in [3.8, 4) is 10.4 Å². The summed E-state index contributed by atoms with van der Waals surface area (Å²) in [5.74, 6) is -0.267. The van der Waals surface area contributed by atoms with Crippen LogP contribution in [0, 0.1) is 5.92 Å². The molecule has 2 heterocycles. The van der Waals surface area contributed by atoms with Gasteiger partial charge in [0.25, 0.3) is 0 Å². The Hall–Kier alpha value is -1.96. The summed E-state index contributed by atoms with van der Waals surface area (Å²) in [7, 11) is -3.77. The summed E-state index contributed by atoms with van der Waals surface area (Å²) in [6.07, 6.45) is 11.2. The topological polar surface area (TPSA) is 74.7 Å². The van der Waals surface area contributed by atoms with Crippen LogP contribution < -0.4 is 0 Å². The molecule has 0 amide bonds. The maximum Gasteiger partial charge on any atom is 0.322 e. The molecule has 2 aliphatic rings. The van der Waals surface area contributed by atoms with Crippen molar-refractivity contribution < 1.29 is 18.3 Å². The van der Waals surface area contributed by atoms with Crippen LogP contribution >= 0.6 is 11.3 Å². The molecule has 1 saturated carbocycles. The van der Waals surface area contributed by atoms with Gasteiger partial charge in [-0.3, -0.25) is 4.79 Å². The first-order valence-corrected chi connectivity index (χ1v) is 12.8. The van der Waals surface area contributed by atoms with Gasteiger partial charge in [-0.2, -0.15) is 4.31 Å². The third-order valence-electron chi connectivity index (χ3n) is 6.13. The quantitative estimate of drug-likeness (QED) is 0.621. The van der Waals surface area contributed by atoms with Gasteiger partial charge in [0.2, 0.25) is 10.0 Å². The number of carboxylic acid groups (broad SMARTS) is 1. The average molecular weight is 446 g/mol. The third kappa shape index (κ3) is 4.11. The summed E-state index contributed by atoms with van der Waals surface area (Å²) >= 11 is 1.43. The Labute approximate surface area is 182 Å². The van der Waals surface area contributed by atoms with E-state index in [1.54, 1.807) is 13.0 Å². The van der Waals surface area contributed by atoms with Gasteiger partial charge in [-0.05, 0) is 36.0 Å². The van der Waals surface area contributed by atoms with Crippen molar-refractivity contribution in [1.29, 1.82) is 0 Å². The largest absolute Gasteiger partial charge is 0.480 e. The monoisotopic (exact) mass is 445 g/mol. The third-order valence-corrected chi connectivity index (χ3v) is 9.34. The van der Waals surface area contributed by atoms with E-state index < -0.39 is 22.0 Å². The first kappa shape index (κ1) is 21.3. The van der Waals surface area contributed by atoms with E-state index in [0.29, 0.717) is 4.88 Å². The van der Waals surface area contributed by atoms with Crippen LogP contribution in [0.15, 0.2) is 41.3 Å². The Kier molecular flexibility index (Phi) is 6.14. The molecule has 0 saturated heterocycles. The number of nitrogens with zero attached hydrogens (tertiary/aromatic N) is 1. The minimum Gasteiger partial charge on any atom is -0.480 e. The van der Waals surface area contributed by atoms with Crippen LogP contribution in [0.2, 0.25) is 0 Å². The van der Waals surface area contributed by atoms with Gasteiger partial charge < -0.3 is 5.11 Å². The molecule has 1 N–H and O–H groups in total.